The van der Waals surface area contributed by atoms with E-state index in [1.165, 1.54) is 11.1 Å². The quantitative estimate of drug-likeness (QED) is 0.299. The first-order valence-electron chi connectivity index (χ1n) is 10.9. The van der Waals surface area contributed by atoms with Crippen LogP contribution in [0.15, 0.2) is 71.1 Å². The van der Waals surface area contributed by atoms with Gasteiger partial charge in [0.25, 0.3) is 0 Å². The van der Waals surface area contributed by atoms with Gasteiger partial charge in [0.15, 0.2) is 0 Å². The summed E-state index contributed by atoms with van der Waals surface area (Å²) in [5.41, 5.74) is 10.1. The summed E-state index contributed by atoms with van der Waals surface area (Å²) in [6.45, 7) is 8.28. The number of para-hydroxylation sites is 1. The van der Waals surface area contributed by atoms with Crippen LogP contribution in [-0.4, -0.2) is 14.5 Å². The Labute approximate surface area is 186 Å². The van der Waals surface area contributed by atoms with E-state index in [-0.39, 0.29) is 0 Å². The number of benzene rings is 3. The average Bonchev–Trinajstić information content (AvgIpc) is 3.33. The Morgan fingerprint density at radius 1 is 0.812 bits per heavy atom. The third-order valence-corrected chi connectivity index (χ3v) is 6.19. The molecule has 6 rings (SSSR count). The molecule has 3 heterocycles. The number of pyridine rings is 1. The van der Waals surface area contributed by atoms with Gasteiger partial charge in [-0.2, -0.15) is 0 Å². The van der Waals surface area contributed by atoms with Crippen LogP contribution in [0.3, 0.4) is 0 Å². The highest BCUT2D eigenvalue weighted by Crippen LogP contribution is 2.39. The lowest BCUT2D eigenvalue weighted by Gasteiger charge is -2.11. The Kier molecular flexibility index (Phi) is 3.99. The zero-order chi connectivity index (χ0) is 22.0. The number of hydrogen-bond acceptors (Lipinski definition) is 3. The van der Waals surface area contributed by atoms with Crippen molar-refractivity contribution in [1.29, 1.82) is 0 Å². The highest BCUT2D eigenvalue weighted by molar-refractivity contribution is 6.11. The normalized spacial score (nSPS) is 11.8. The van der Waals surface area contributed by atoms with E-state index in [1.807, 2.05) is 19.9 Å². The van der Waals surface area contributed by atoms with Gasteiger partial charge in [0.05, 0.1) is 16.8 Å². The Morgan fingerprint density at radius 3 is 2.44 bits per heavy atom. The number of nitrogens with zero attached hydrogens (tertiary/aromatic N) is 3. The van der Waals surface area contributed by atoms with E-state index in [4.69, 9.17) is 9.40 Å². The lowest BCUT2D eigenvalue weighted by atomic mass is 10.0. The van der Waals surface area contributed by atoms with Crippen LogP contribution in [0.1, 0.15) is 22.5 Å². The maximum absolute atomic E-state index is 6.47. The maximum atomic E-state index is 6.47. The zero-order valence-corrected chi connectivity index (χ0v) is 18.6. The molecule has 4 heteroatoms. The third-order valence-electron chi connectivity index (χ3n) is 6.19. The summed E-state index contributed by atoms with van der Waals surface area (Å²) >= 11 is 0. The van der Waals surface area contributed by atoms with Gasteiger partial charge in [-0.1, -0.05) is 36.4 Å². The van der Waals surface area contributed by atoms with E-state index in [0.29, 0.717) is 0 Å². The number of aryl methyl sites for hydroxylation is 4. The molecule has 0 saturated carbocycles. The second-order valence-electron chi connectivity index (χ2n) is 8.56. The Morgan fingerprint density at radius 2 is 1.62 bits per heavy atom. The number of furan rings is 1. The molecule has 0 aliphatic rings. The molecule has 0 N–H and O–H groups in total. The van der Waals surface area contributed by atoms with Crippen molar-refractivity contribution in [2.24, 2.45) is 0 Å². The van der Waals surface area contributed by atoms with Crippen molar-refractivity contribution in [2.45, 2.75) is 27.7 Å². The molecule has 6 aromatic rings. The molecule has 3 aromatic carbocycles. The van der Waals surface area contributed by atoms with Crippen LogP contribution in [0.25, 0.3) is 50.0 Å². The highest BCUT2D eigenvalue weighted by Gasteiger charge is 2.21. The lowest BCUT2D eigenvalue weighted by molar-refractivity contribution is 0.669. The summed E-state index contributed by atoms with van der Waals surface area (Å²) in [6, 6.07) is 23.2. The number of imidazole rings is 1. The summed E-state index contributed by atoms with van der Waals surface area (Å²) in [5, 5.41) is 2.29. The molecule has 3 aromatic heterocycles. The number of aromatic nitrogens is 3. The predicted octanol–water partition coefficient (Wildman–Crippen LogP) is 7.22. The monoisotopic (exact) mass is 417 g/mol. The van der Waals surface area contributed by atoms with E-state index < -0.39 is 0 Å². The topological polar surface area (TPSA) is 43.9 Å². The molecular weight excluding hydrogens is 394 g/mol. The molecule has 0 radical (unpaired) electrons. The Balaban J connectivity index is 1.77. The van der Waals surface area contributed by atoms with Gasteiger partial charge in [0.1, 0.15) is 22.5 Å². The molecule has 0 amide bonds. The van der Waals surface area contributed by atoms with Gasteiger partial charge in [-0.05, 0) is 69.2 Å². The van der Waals surface area contributed by atoms with E-state index in [0.717, 1.165) is 61.4 Å². The fourth-order valence-corrected chi connectivity index (χ4v) is 4.73. The first kappa shape index (κ1) is 18.8. The number of hydrogen-bond donors (Lipinski definition) is 0. The van der Waals surface area contributed by atoms with Crippen LogP contribution in [0.4, 0.5) is 0 Å². The predicted molar refractivity (Wildman–Crippen MR) is 131 cm³/mol. The first-order chi connectivity index (χ1) is 15.5. The van der Waals surface area contributed by atoms with Gasteiger partial charge in [0.2, 0.25) is 0 Å². The van der Waals surface area contributed by atoms with Crippen LogP contribution < -0.4 is 0 Å². The van der Waals surface area contributed by atoms with E-state index in [9.17, 15) is 0 Å². The van der Waals surface area contributed by atoms with Gasteiger partial charge in [-0.25, -0.2) is 4.98 Å². The molecule has 4 nitrogen and oxygen atoms in total. The molecule has 32 heavy (non-hydrogen) atoms. The SMILES string of the molecule is Cc1ccc2c(c1)oc1c(-c3nc4c(C)nc(C)cc4n3-c3ccccc3)ccc(C)c12. The number of fused-ring (bicyclic) bond motifs is 4. The van der Waals surface area contributed by atoms with Crippen LogP contribution in [-0.2, 0) is 0 Å². The molecule has 156 valence electrons. The summed E-state index contributed by atoms with van der Waals surface area (Å²) < 4.78 is 8.69. The molecular formula is C28H23N3O. The molecule has 0 spiro atoms. The smallest absolute Gasteiger partial charge is 0.149 e. The first-order valence-corrected chi connectivity index (χ1v) is 10.9. The van der Waals surface area contributed by atoms with Crippen molar-refractivity contribution in [2.75, 3.05) is 0 Å². The largest absolute Gasteiger partial charge is 0.455 e. The molecule has 0 unspecified atom stereocenters. The minimum absolute atomic E-state index is 0.863. The van der Waals surface area contributed by atoms with Gasteiger partial charge in [-0.15, -0.1) is 0 Å². The maximum Gasteiger partial charge on any atom is 0.149 e. The molecule has 0 bridgehead atoms. The Hall–Kier alpha value is -3.92. The molecule has 0 atom stereocenters. The zero-order valence-electron chi connectivity index (χ0n) is 18.6. The fourth-order valence-electron chi connectivity index (χ4n) is 4.73. The minimum Gasteiger partial charge on any atom is -0.455 e. The second kappa shape index (κ2) is 6.79. The summed E-state index contributed by atoms with van der Waals surface area (Å²) in [7, 11) is 0. The van der Waals surface area contributed by atoms with Crippen molar-refractivity contribution in [3.05, 3.63) is 89.2 Å². The standard InChI is InChI=1S/C28H23N3O/c1-16-10-12-21-24(14-16)32-27-22(13-11-17(2)25(21)27)28-30-26-19(4)29-18(3)15-23(26)31(28)20-8-6-5-7-9-20/h5-15H,1-4H3. The lowest BCUT2D eigenvalue weighted by Crippen LogP contribution is -1.98. The fraction of sp³-hybridized carbons (Fsp3) is 0.143. The van der Waals surface area contributed by atoms with Crippen molar-refractivity contribution in [3.63, 3.8) is 0 Å². The van der Waals surface area contributed by atoms with Gasteiger partial charge >= 0.3 is 0 Å². The van der Waals surface area contributed by atoms with Crippen LogP contribution >= 0.6 is 0 Å². The summed E-state index contributed by atoms with van der Waals surface area (Å²) in [4.78, 5) is 9.77. The molecule has 0 saturated heterocycles. The summed E-state index contributed by atoms with van der Waals surface area (Å²) in [5.74, 6) is 0.863. The van der Waals surface area contributed by atoms with Crippen LogP contribution in [0, 0.1) is 27.7 Å². The second-order valence-corrected chi connectivity index (χ2v) is 8.56. The Bertz CT molecular complexity index is 1660. The van der Waals surface area contributed by atoms with Crippen molar-refractivity contribution >= 4 is 33.0 Å². The van der Waals surface area contributed by atoms with Crippen LogP contribution in [0.5, 0.6) is 0 Å². The van der Waals surface area contributed by atoms with E-state index in [2.05, 4.69) is 84.1 Å². The van der Waals surface area contributed by atoms with Crippen molar-refractivity contribution < 1.29 is 4.42 Å². The van der Waals surface area contributed by atoms with Gasteiger partial charge < -0.3 is 4.42 Å². The van der Waals surface area contributed by atoms with Gasteiger partial charge in [0, 0.05) is 22.2 Å². The number of rotatable bonds is 2. The summed E-state index contributed by atoms with van der Waals surface area (Å²) in [6.07, 6.45) is 0. The average molecular weight is 418 g/mol. The van der Waals surface area contributed by atoms with E-state index >= 15 is 0 Å². The van der Waals surface area contributed by atoms with Crippen LogP contribution in [0.2, 0.25) is 0 Å². The molecule has 0 fully saturated rings. The third kappa shape index (κ3) is 2.69. The van der Waals surface area contributed by atoms with Gasteiger partial charge in [-0.3, -0.25) is 9.55 Å². The van der Waals surface area contributed by atoms with Crippen molar-refractivity contribution in [3.8, 4) is 17.1 Å². The minimum atomic E-state index is 0.863. The van der Waals surface area contributed by atoms with Crippen molar-refractivity contribution in [1.82, 2.24) is 14.5 Å². The highest BCUT2D eigenvalue weighted by atomic mass is 16.3. The molecule has 0 aliphatic carbocycles. The molecule has 0 aliphatic heterocycles. The van der Waals surface area contributed by atoms with E-state index in [1.54, 1.807) is 0 Å².